The molecular formula is C25H25ClFN5O2. The van der Waals surface area contributed by atoms with Crippen LogP contribution in [0.2, 0.25) is 5.02 Å². The van der Waals surface area contributed by atoms with E-state index in [2.05, 4.69) is 20.5 Å². The number of carbonyl (C=O) groups is 1. The molecule has 0 spiro atoms. The lowest BCUT2D eigenvalue weighted by molar-refractivity contribution is 0.0494. The van der Waals surface area contributed by atoms with Crippen molar-refractivity contribution in [2.45, 2.75) is 19.8 Å². The van der Waals surface area contributed by atoms with Crippen LogP contribution in [-0.4, -0.2) is 26.7 Å². The first-order chi connectivity index (χ1) is 16.4. The third kappa shape index (κ3) is 6.92. The molecule has 0 aromatic heterocycles. The van der Waals surface area contributed by atoms with Gasteiger partial charge in [0.2, 0.25) is 0 Å². The van der Waals surface area contributed by atoms with Gasteiger partial charge in [0.05, 0.1) is 34.3 Å². The minimum Gasteiger partial charge on any atom is -0.462 e. The van der Waals surface area contributed by atoms with Crippen LogP contribution >= 0.6 is 11.6 Å². The molecule has 34 heavy (non-hydrogen) atoms. The van der Waals surface area contributed by atoms with Crippen molar-refractivity contribution in [2.75, 3.05) is 25.6 Å². The van der Waals surface area contributed by atoms with Crippen LogP contribution in [0.1, 0.15) is 30.1 Å². The van der Waals surface area contributed by atoms with Crippen LogP contribution in [0.15, 0.2) is 81.1 Å². The zero-order valence-corrected chi connectivity index (χ0v) is 20.0. The van der Waals surface area contributed by atoms with Gasteiger partial charge in [-0.05, 0) is 61.0 Å². The zero-order chi connectivity index (χ0) is 24.5. The van der Waals surface area contributed by atoms with Crippen molar-refractivity contribution in [3.63, 3.8) is 0 Å². The van der Waals surface area contributed by atoms with Gasteiger partial charge in [-0.25, -0.2) is 9.18 Å². The Bertz CT molecular complexity index is 1200. The quantitative estimate of drug-likeness (QED) is 0.175. The van der Waals surface area contributed by atoms with E-state index in [0.29, 0.717) is 22.1 Å². The van der Waals surface area contributed by atoms with Gasteiger partial charge in [-0.15, -0.1) is 5.11 Å². The number of rotatable bonds is 9. The highest BCUT2D eigenvalue weighted by Gasteiger charge is 2.13. The molecule has 0 saturated heterocycles. The number of carbonyl (C=O) groups excluding carboxylic acids is 1. The summed E-state index contributed by atoms with van der Waals surface area (Å²) >= 11 is 6.30. The number of nitrogens with zero attached hydrogens (tertiary/aromatic N) is 5. The molecule has 0 atom stereocenters. The van der Waals surface area contributed by atoms with Crippen molar-refractivity contribution in [1.82, 2.24) is 0 Å². The van der Waals surface area contributed by atoms with E-state index in [1.54, 1.807) is 18.2 Å². The van der Waals surface area contributed by atoms with Crippen LogP contribution in [0, 0.1) is 5.82 Å². The summed E-state index contributed by atoms with van der Waals surface area (Å²) in [6.07, 6.45) is 1.61. The van der Waals surface area contributed by atoms with Gasteiger partial charge < -0.3 is 9.64 Å². The smallest absolute Gasteiger partial charge is 0.341 e. The average Bonchev–Trinajstić information content (AvgIpc) is 2.82. The van der Waals surface area contributed by atoms with E-state index < -0.39 is 11.8 Å². The summed E-state index contributed by atoms with van der Waals surface area (Å²) in [7, 11) is 3.93. The van der Waals surface area contributed by atoms with Crippen LogP contribution in [0.3, 0.4) is 0 Å². The molecule has 9 heteroatoms. The van der Waals surface area contributed by atoms with E-state index in [0.717, 1.165) is 24.6 Å². The van der Waals surface area contributed by atoms with Gasteiger partial charge in [0.1, 0.15) is 11.5 Å². The molecule has 0 aliphatic carbocycles. The summed E-state index contributed by atoms with van der Waals surface area (Å²) in [5.74, 6) is -1.42. The lowest BCUT2D eigenvalue weighted by atomic mass is 10.2. The molecule has 0 radical (unpaired) electrons. The fraction of sp³-hybridized carbons (Fsp3) is 0.240. The fourth-order valence-corrected chi connectivity index (χ4v) is 3.01. The summed E-state index contributed by atoms with van der Waals surface area (Å²) in [6.45, 7) is 2.23. The molecule has 0 fully saturated rings. The molecule has 0 unspecified atom stereocenters. The highest BCUT2D eigenvalue weighted by molar-refractivity contribution is 6.33. The first kappa shape index (κ1) is 25.0. The third-order valence-corrected chi connectivity index (χ3v) is 5.06. The zero-order valence-electron chi connectivity index (χ0n) is 19.2. The molecule has 176 valence electrons. The Balaban J connectivity index is 1.66. The lowest BCUT2D eigenvalue weighted by Gasteiger charge is -2.11. The molecule has 3 rings (SSSR count). The number of azo groups is 2. The SMILES string of the molecule is CCCCOC(=O)c1ccc(N=Nc2ccc(N=Nc3ccc(N(C)C)cc3)cc2Cl)cc1F. The number of benzene rings is 3. The lowest BCUT2D eigenvalue weighted by Crippen LogP contribution is -2.08. The molecule has 0 N–H and O–H groups in total. The van der Waals surface area contributed by atoms with Crippen molar-refractivity contribution >= 4 is 46.0 Å². The fourth-order valence-electron chi connectivity index (χ4n) is 2.80. The maximum Gasteiger partial charge on any atom is 0.341 e. The van der Waals surface area contributed by atoms with E-state index in [9.17, 15) is 9.18 Å². The maximum atomic E-state index is 14.3. The predicted molar refractivity (Wildman–Crippen MR) is 132 cm³/mol. The number of halogens is 2. The largest absolute Gasteiger partial charge is 0.462 e. The van der Waals surface area contributed by atoms with Crippen molar-refractivity contribution in [3.8, 4) is 0 Å². The second-order valence-electron chi connectivity index (χ2n) is 7.60. The number of esters is 1. The number of anilines is 1. The topological polar surface area (TPSA) is 79.0 Å². The molecule has 0 heterocycles. The first-order valence-electron chi connectivity index (χ1n) is 10.7. The minimum atomic E-state index is -0.724. The van der Waals surface area contributed by atoms with Crippen molar-refractivity contribution in [3.05, 3.63) is 77.1 Å². The van der Waals surface area contributed by atoms with Gasteiger partial charge in [-0.3, -0.25) is 0 Å². The molecule has 0 bridgehead atoms. The summed E-state index contributed by atoms with van der Waals surface area (Å²) < 4.78 is 19.3. The molecule has 3 aromatic rings. The summed E-state index contributed by atoms with van der Waals surface area (Å²) in [5, 5.41) is 16.8. The summed E-state index contributed by atoms with van der Waals surface area (Å²) in [4.78, 5) is 13.9. The molecule has 7 nitrogen and oxygen atoms in total. The highest BCUT2D eigenvalue weighted by Crippen LogP contribution is 2.32. The second kappa shape index (κ2) is 12.0. The monoisotopic (exact) mass is 481 g/mol. The number of unbranched alkanes of at least 4 members (excludes halogenated alkanes) is 1. The number of ether oxygens (including phenoxy) is 1. The molecule has 0 aliphatic heterocycles. The van der Waals surface area contributed by atoms with Crippen LogP contribution in [-0.2, 0) is 4.74 Å². The third-order valence-electron chi connectivity index (χ3n) is 4.76. The molecule has 3 aromatic carbocycles. The van der Waals surface area contributed by atoms with Gasteiger partial charge in [0.25, 0.3) is 0 Å². The van der Waals surface area contributed by atoms with Crippen molar-refractivity contribution < 1.29 is 13.9 Å². The van der Waals surface area contributed by atoms with Gasteiger partial charge in [0.15, 0.2) is 0 Å². The standard InChI is InChI=1S/C25H25ClFN5O2/c1-4-5-14-34-25(33)21-12-8-19(16-23(21)27)30-31-24-13-9-18(15-22(24)26)29-28-17-6-10-20(11-7-17)32(2)3/h6-13,15-16H,4-5,14H2,1-3H3. The Morgan fingerprint density at radius 2 is 1.53 bits per heavy atom. The molecule has 0 saturated carbocycles. The van der Waals surface area contributed by atoms with Crippen LogP contribution in [0.4, 0.5) is 32.8 Å². The van der Waals surface area contributed by atoms with Gasteiger partial charge in [-0.2, -0.15) is 15.3 Å². The Morgan fingerprint density at radius 1 is 0.912 bits per heavy atom. The predicted octanol–water partition coefficient (Wildman–Crippen LogP) is 8.33. The van der Waals surface area contributed by atoms with E-state index in [1.165, 1.54) is 12.1 Å². The molecule has 0 aliphatic rings. The van der Waals surface area contributed by atoms with Crippen LogP contribution < -0.4 is 4.90 Å². The average molecular weight is 482 g/mol. The maximum absolute atomic E-state index is 14.3. The van der Waals surface area contributed by atoms with E-state index in [-0.39, 0.29) is 17.9 Å². The van der Waals surface area contributed by atoms with Crippen molar-refractivity contribution in [1.29, 1.82) is 0 Å². The van der Waals surface area contributed by atoms with Gasteiger partial charge in [0, 0.05) is 25.8 Å². The molecular weight excluding hydrogens is 457 g/mol. The van der Waals surface area contributed by atoms with Crippen LogP contribution in [0.5, 0.6) is 0 Å². The Labute approximate surface area is 202 Å². The van der Waals surface area contributed by atoms with E-state index >= 15 is 0 Å². The summed E-state index contributed by atoms with van der Waals surface area (Å²) in [6, 6.07) is 16.6. The Morgan fingerprint density at radius 3 is 2.18 bits per heavy atom. The van der Waals surface area contributed by atoms with Gasteiger partial charge >= 0.3 is 5.97 Å². The normalized spacial score (nSPS) is 11.3. The molecule has 0 amide bonds. The first-order valence-corrected chi connectivity index (χ1v) is 11.1. The Hall–Kier alpha value is -3.65. The van der Waals surface area contributed by atoms with Gasteiger partial charge in [-0.1, -0.05) is 24.9 Å². The minimum absolute atomic E-state index is 0.140. The second-order valence-corrected chi connectivity index (χ2v) is 8.01. The number of hydrogen-bond donors (Lipinski definition) is 0. The van der Waals surface area contributed by atoms with E-state index in [4.69, 9.17) is 16.3 Å². The van der Waals surface area contributed by atoms with Crippen molar-refractivity contribution in [2.24, 2.45) is 20.5 Å². The van der Waals surface area contributed by atoms with Crippen LogP contribution in [0.25, 0.3) is 0 Å². The Kier molecular flexibility index (Phi) is 8.81. The summed E-state index contributed by atoms with van der Waals surface area (Å²) in [5.41, 5.74) is 2.82. The highest BCUT2D eigenvalue weighted by atomic mass is 35.5. The van der Waals surface area contributed by atoms with E-state index in [1.807, 2.05) is 50.2 Å². The number of hydrogen-bond acceptors (Lipinski definition) is 7.